The molecule has 0 spiro atoms. The van der Waals surface area contributed by atoms with Crippen molar-refractivity contribution in [3.8, 4) is 0 Å². The minimum absolute atomic E-state index is 0.0324. The van der Waals surface area contributed by atoms with Crippen molar-refractivity contribution in [1.82, 2.24) is 0 Å². The highest BCUT2D eigenvalue weighted by atomic mass is 16.5. The lowest BCUT2D eigenvalue weighted by molar-refractivity contribution is -0.0173. The van der Waals surface area contributed by atoms with E-state index in [1.165, 1.54) is 0 Å². The molecule has 3 nitrogen and oxygen atoms in total. The molecular weight excluding hydrogens is 132 g/mol. The average Bonchev–Trinajstić information content (AvgIpc) is 2.30. The minimum Gasteiger partial charge on any atom is -0.396 e. The van der Waals surface area contributed by atoms with E-state index in [9.17, 15) is 5.11 Å². The van der Waals surface area contributed by atoms with Gasteiger partial charge in [-0.05, 0) is 12.8 Å². The van der Waals surface area contributed by atoms with Gasteiger partial charge in [-0.2, -0.15) is 0 Å². The smallest absolute Gasteiger partial charge is 0.0851 e. The summed E-state index contributed by atoms with van der Waals surface area (Å²) in [6.07, 6.45) is 1.21. The second-order valence-corrected chi connectivity index (χ2v) is 2.78. The van der Waals surface area contributed by atoms with E-state index in [1.54, 1.807) is 7.11 Å². The Kier molecular flexibility index (Phi) is 2.65. The van der Waals surface area contributed by atoms with E-state index in [2.05, 4.69) is 0 Å². The third kappa shape index (κ3) is 1.31. The Morgan fingerprint density at radius 1 is 1.50 bits per heavy atom. The van der Waals surface area contributed by atoms with Gasteiger partial charge in [-0.25, -0.2) is 0 Å². The fourth-order valence-electron chi connectivity index (χ4n) is 1.48. The van der Waals surface area contributed by atoms with Gasteiger partial charge < -0.3 is 14.9 Å². The average molecular weight is 146 g/mol. The zero-order chi connectivity index (χ0) is 7.56. The van der Waals surface area contributed by atoms with Gasteiger partial charge in [-0.1, -0.05) is 0 Å². The maximum absolute atomic E-state index is 9.36. The van der Waals surface area contributed by atoms with E-state index >= 15 is 0 Å². The van der Waals surface area contributed by atoms with Crippen LogP contribution in [0.3, 0.4) is 0 Å². The summed E-state index contributed by atoms with van der Waals surface area (Å²) >= 11 is 0. The van der Waals surface area contributed by atoms with Crippen molar-refractivity contribution >= 4 is 0 Å². The Morgan fingerprint density at radius 2 is 2.20 bits per heavy atom. The standard InChI is InChI=1S/C7H14O3/c1-10-6-3-2-5(4-8)7(6)9/h5-9H,2-4H2,1H3/t5-,6-,7-/m1/s1. The molecule has 1 saturated carbocycles. The van der Waals surface area contributed by atoms with Gasteiger partial charge in [-0.3, -0.25) is 0 Å². The second kappa shape index (κ2) is 3.32. The van der Waals surface area contributed by atoms with E-state index in [4.69, 9.17) is 9.84 Å². The SMILES string of the molecule is CO[C@@H]1CC[C@H](CO)[C@H]1O. The van der Waals surface area contributed by atoms with Crippen molar-refractivity contribution in [3.05, 3.63) is 0 Å². The van der Waals surface area contributed by atoms with Gasteiger partial charge >= 0.3 is 0 Å². The van der Waals surface area contributed by atoms with Crippen molar-refractivity contribution in [2.45, 2.75) is 25.0 Å². The molecule has 0 bridgehead atoms. The number of rotatable bonds is 2. The third-order valence-corrected chi connectivity index (χ3v) is 2.22. The molecule has 0 aromatic carbocycles. The lowest BCUT2D eigenvalue weighted by Crippen LogP contribution is -2.28. The zero-order valence-corrected chi connectivity index (χ0v) is 6.16. The van der Waals surface area contributed by atoms with Crippen molar-refractivity contribution < 1.29 is 14.9 Å². The fraction of sp³-hybridized carbons (Fsp3) is 1.00. The van der Waals surface area contributed by atoms with Crippen LogP contribution in [0.25, 0.3) is 0 Å². The lowest BCUT2D eigenvalue weighted by Gasteiger charge is -2.15. The first-order valence-corrected chi connectivity index (χ1v) is 3.61. The highest BCUT2D eigenvalue weighted by Gasteiger charge is 2.33. The molecule has 0 aliphatic heterocycles. The van der Waals surface area contributed by atoms with Gasteiger partial charge in [0.15, 0.2) is 0 Å². The molecule has 3 heteroatoms. The van der Waals surface area contributed by atoms with Crippen molar-refractivity contribution in [2.24, 2.45) is 5.92 Å². The molecule has 2 N–H and O–H groups in total. The van der Waals surface area contributed by atoms with Crippen LogP contribution in [0.5, 0.6) is 0 Å². The first kappa shape index (κ1) is 7.98. The van der Waals surface area contributed by atoms with Crippen molar-refractivity contribution in [2.75, 3.05) is 13.7 Å². The van der Waals surface area contributed by atoms with Crippen LogP contribution in [0.2, 0.25) is 0 Å². The van der Waals surface area contributed by atoms with E-state index in [-0.39, 0.29) is 18.6 Å². The van der Waals surface area contributed by atoms with Gasteiger partial charge in [-0.15, -0.1) is 0 Å². The van der Waals surface area contributed by atoms with Gasteiger partial charge in [0, 0.05) is 19.6 Å². The van der Waals surface area contributed by atoms with E-state index in [0.29, 0.717) is 0 Å². The Bertz CT molecular complexity index is 93.0. The molecule has 60 valence electrons. The van der Waals surface area contributed by atoms with Crippen LogP contribution in [0, 0.1) is 5.92 Å². The van der Waals surface area contributed by atoms with Gasteiger partial charge in [0.05, 0.1) is 12.2 Å². The number of aliphatic hydroxyl groups is 2. The number of hydrogen-bond acceptors (Lipinski definition) is 3. The fourth-order valence-corrected chi connectivity index (χ4v) is 1.48. The third-order valence-electron chi connectivity index (χ3n) is 2.22. The molecular formula is C7H14O3. The van der Waals surface area contributed by atoms with Crippen LogP contribution in [0.1, 0.15) is 12.8 Å². The summed E-state index contributed by atoms with van der Waals surface area (Å²) in [5.74, 6) is 0.0324. The molecule has 1 fully saturated rings. The highest BCUT2D eigenvalue weighted by molar-refractivity contribution is 4.84. The van der Waals surface area contributed by atoms with Crippen molar-refractivity contribution in [1.29, 1.82) is 0 Å². The van der Waals surface area contributed by atoms with Gasteiger partial charge in [0.1, 0.15) is 0 Å². The Hall–Kier alpha value is -0.120. The summed E-state index contributed by atoms with van der Waals surface area (Å²) in [5.41, 5.74) is 0. The maximum Gasteiger partial charge on any atom is 0.0851 e. The van der Waals surface area contributed by atoms with Crippen LogP contribution >= 0.6 is 0 Å². The summed E-state index contributed by atoms with van der Waals surface area (Å²) in [6, 6.07) is 0. The van der Waals surface area contributed by atoms with Crippen molar-refractivity contribution in [3.63, 3.8) is 0 Å². The summed E-state index contributed by atoms with van der Waals surface area (Å²) < 4.78 is 4.99. The minimum atomic E-state index is -0.463. The first-order chi connectivity index (χ1) is 4.79. The Balaban J connectivity index is 2.41. The first-order valence-electron chi connectivity index (χ1n) is 3.61. The highest BCUT2D eigenvalue weighted by Crippen LogP contribution is 2.27. The molecule has 0 aromatic heterocycles. The number of methoxy groups -OCH3 is 1. The molecule has 0 radical (unpaired) electrons. The molecule has 0 unspecified atom stereocenters. The Morgan fingerprint density at radius 3 is 2.50 bits per heavy atom. The predicted octanol–water partition coefficient (Wildman–Crippen LogP) is -0.235. The molecule has 0 saturated heterocycles. The van der Waals surface area contributed by atoms with Crippen LogP contribution in [-0.2, 0) is 4.74 Å². The molecule has 10 heavy (non-hydrogen) atoms. The maximum atomic E-state index is 9.36. The molecule has 0 amide bonds. The number of hydrogen-bond donors (Lipinski definition) is 2. The Labute approximate surface area is 60.6 Å². The van der Waals surface area contributed by atoms with Gasteiger partial charge in [0.2, 0.25) is 0 Å². The largest absolute Gasteiger partial charge is 0.396 e. The quantitative estimate of drug-likeness (QED) is 0.565. The summed E-state index contributed by atoms with van der Waals surface area (Å²) in [7, 11) is 1.59. The summed E-state index contributed by atoms with van der Waals surface area (Å²) in [6.45, 7) is 0.0705. The monoisotopic (exact) mass is 146 g/mol. The summed E-state index contributed by atoms with van der Waals surface area (Å²) in [4.78, 5) is 0. The zero-order valence-electron chi connectivity index (χ0n) is 6.16. The number of ether oxygens (including phenoxy) is 1. The van der Waals surface area contributed by atoms with Gasteiger partial charge in [0.25, 0.3) is 0 Å². The predicted molar refractivity (Wildman–Crippen MR) is 36.6 cm³/mol. The number of aliphatic hydroxyl groups excluding tert-OH is 2. The molecule has 1 aliphatic carbocycles. The van der Waals surface area contributed by atoms with Crippen LogP contribution in [0.15, 0.2) is 0 Å². The molecule has 0 heterocycles. The van der Waals surface area contributed by atoms with E-state index in [0.717, 1.165) is 12.8 Å². The lowest BCUT2D eigenvalue weighted by atomic mass is 10.1. The molecule has 1 rings (SSSR count). The molecule has 3 atom stereocenters. The molecule has 0 aromatic rings. The molecule has 1 aliphatic rings. The van der Waals surface area contributed by atoms with E-state index in [1.807, 2.05) is 0 Å². The van der Waals surface area contributed by atoms with Crippen LogP contribution in [-0.4, -0.2) is 36.1 Å². The van der Waals surface area contributed by atoms with Crippen LogP contribution in [0.4, 0.5) is 0 Å². The normalized spacial score (nSPS) is 40.5. The van der Waals surface area contributed by atoms with E-state index < -0.39 is 6.10 Å². The van der Waals surface area contributed by atoms with Crippen LogP contribution < -0.4 is 0 Å². The summed E-state index contributed by atoms with van der Waals surface area (Å²) in [5, 5.41) is 18.1. The topological polar surface area (TPSA) is 49.7 Å². The second-order valence-electron chi connectivity index (χ2n) is 2.78.